The van der Waals surface area contributed by atoms with Crippen molar-refractivity contribution < 1.29 is 13.9 Å². The second-order valence-electron chi connectivity index (χ2n) is 5.37. The molecular weight excluding hydrogens is 352 g/mol. The van der Waals surface area contributed by atoms with Crippen LogP contribution in [0.2, 0.25) is 0 Å². The van der Waals surface area contributed by atoms with Crippen molar-refractivity contribution >= 4 is 17.3 Å². The summed E-state index contributed by atoms with van der Waals surface area (Å²) >= 11 is 1.58. The summed E-state index contributed by atoms with van der Waals surface area (Å²) in [6.45, 7) is 0.870. The highest BCUT2D eigenvalue weighted by atomic mass is 32.1. The lowest BCUT2D eigenvalue weighted by Gasteiger charge is -2.09. The number of aromatic nitrogens is 1. The van der Waals surface area contributed by atoms with Gasteiger partial charge in [-0.15, -0.1) is 11.3 Å². The zero-order valence-electron chi connectivity index (χ0n) is 14.6. The molecule has 136 valence electrons. The van der Waals surface area contributed by atoms with Crippen LogP contribution in [0.15, 0.2) is 51.4 Å². The van der Waals surface area contributed by atoms with Gasteiger partial charge in [0.2, 0.25) is 5.89 Å². The lowest BCUT2D eigenvalue weighted by Crippen LogP contribution is -2.31. The first-order valence-corrected chi connectivity index (χ1v) is 8.80. The van der Waals surface area contributed by atoms with Gasteiger partial charge >= 0.3 is 0 Å². The summed E-state index contributed by atoms with van der Waals surface area (Å²) in [5.74, 6) is 2.28. The Kier molecular flexibility index (Phi) is 5.75. The molecule has 0 aliphatic heterocycles. The summed E-state index contributed by atoms with van der Waals surface area (Å²) in [6, 6.07) is 9.56. The monoisotopic (exact) mass is 372 g/mol. The van der Waals surface area contributed by atoms with E-state index in [2.05, 4.69) is 15.3 Å². The van der Waals surface area contributed by atoms with Gasteiger partial charge in [-0.1, -0.05) is 12.1 Å². The maximum Gasteiger partial charge on any atom is 0.236 e. The molecule has 0 aliphatic rings. The van der Waals surface area contributed by atoms with Crippen molar-refractivity contribution in [2.45, 2.75) is 13.1 Å². The smallest absolute Gasteiger partial charge is 0.236 e. The second kappa shape index (κ2) is 8.39. The third kappa shape index (κ3) is 4.34. The SMILES string of the molecule is COc1ccc(CN=C(N)NCc2coc(-c3cccs3)n2)cc1OC. The predicted octanol–water partition coefficient (Wildman–Crippen LogP) is 3.02. The van der Waals surface area contributed by atoms with Crippen molar-refractivity contribution in [1.82, 2.24) is 10.3 Å². The van der Waals surface area contributed by atoms with Gasteiger partial charge in [0, 0.05) is 0 Å². The van der Waals surface area contributed by atoms with Crippen LogP contribution in [0.3, 0.4) is 0 Å². The third-order valence-electron chi connectivity index (χ3n) is 3.61. The molecule has 0 amide bonds. The Bertz CT molecular complexity index is 874. The zero-order chi connectivity index (χ0) is 18.4. The number of ether oxygens (including phenoxy) is 2. The lowest BCUT2D eigenvalue weighted by molar-refractivity contribution is 0.354. The highest BCUT2D eigenvalue weighted by molar-refractivity contribution is 7.13. The molecule has 2 heterocycles. The molecule has 8 heteroatoms. The molecule has 0 fully saturated rings. The lowest BCUT2D eigenvalue weighted by atomic mass is 10.2. The Labute approximate surface area is 155 Å². The molecule has 3 rings (SSSR count). The minimum atomic E-state index is 0.334. The van der Waals surface area contributed by atoms with Crippen LogP contribution in [0.25, 0.3) is 10.8 Å². The molecule has 7 nitrogen and oxygen atoms in total. The van der Waals surface area contributed by atoms with E-state index in [4.69, 9.17) is 19.6 Å². The maximum atomic E-state index is 5.92. The van der Waals surface area contributed by atoms with E-state index in [1.54, 1.807) is 31.8 Å². The number of hydrogen-bond donors (Lipinski definition) is 2. The van der Waals surface area contributed by atoms with Gasteiger partial charge in [0.25, 0.3) is 0 Å². The van der Waals surface area contributed by atoms with Crippen LogP contribution in [-0.2, 0) is 13.1 Å². The van der Waals surface area contributed by atoms with E-state index in [9.17, 15) is 0 Å². The first kappa shape index (κ1) is 17.8. The van der Waals surface area contributed by atoms with Crippen LogP contribution in [0, 0.1) is 0 Å². The van der Waals surface area contributed by atoms with E-state index >= 15 is 0 Å². The molecular formula is C18H20N4O3S. The van der Waals surface area contributed by atoms with E-state index in [0.717, 1.165) is 16.1 Å². The van der Waals surface area contributed by atoms with Crippen molar-refractivity contribution in [1.29, 1.82) is 0 Å². The molecule has 0 bridgehead atoms. The average molecular weight is 372 g/mol. The van der Waals surface area contributed by atoms with Crippen molar-refractivity contribution in [3.63, 3.8) is 0 Å². The highest BCUT2D eigenvalue weighted by Gasteiger charge is 2.08. The normalized spacial score (nSPS) is 11.4. The molecule has 3 aromatic rings. The minimum Gasteiger partial charge on any atom is -0.493 e. The number of methoxy groups -OCH3 is 2. The molecule has 26 heavy (non-hydrogen) atoms. The quantitative estimate of drug-likeness (QED) is 0.489. The van der Waals surface area contributed by atoms with Gasteiger partial charge in [-0.2, -0.15) is 0 Å². The van der Waals surface area contributed by atoms with Crippen LogP contribution < -0.4 is 20.5 Å². The topological polar surface area (TPSA) is 94.9 Å². The number of thiophene rings is 1. The fraction of sp³-hybridized carbons (Fsp3) is 0.222. The van der Waals surface area contributed by atoms with E-state index in [1.807, 2.05) is 35.7 Å². The molecule has 0 spiro atoms. The van der Waals surface area contributed by atoms with Gasteiger partial charge in [0.1, 0.15) is 6.26 Å². The number of nitrogens with zero attached hydrogens (tertiary/aromatic N) is 2. The van der Waals surface area contributed by atoms with Gasteiger partial charge in [-0.05, 0) is 29.1 Å². The Hall–Kier alpha value is -3.00. The number of nitrogens with two attached hydrogens (primary N) is 1. The molecule has 0 saturated heterocycles. The van der Waals surface area contributed by atoms with E-state index in [0.29, 0.717) is 36.4 Å². The summed E-state index contributed by atoms with van der Waals surface area (Å²) in [6.07, 6.45) is 1.61. The predicted molar refractivity (Wildman–Crippen MR) is 102 cm³/mol. The Morgan fingerprint density at radius 1 is 1.27 bits per heavy atom. The first-order chi connectivity index (χ1) is 12.7. The summed E-state index contributed by atoms with van der Waals surface area (Å²) in [5, 5.41) is 5.01. The third-order valence-corrected chi connectivity index (χ3v) is 4.47. The molecule has 0 atom stereocenters. The summed E-state index contributed by atoms with van der Waals surface area (Å²) in [4.78, 5) is 9.74. The number of oxazole rings is 1. The fourth-order valence-corrected chi connectivity index (χ4v) is 2.95. The Morgan fingerprint density at radius 3 is 2.85 bits per heavy atom. The summed E-state index contributed by atoms with van der Waals surface area (Å²) in [5.41, 5.74) is 7.65. The Morgan fingerprint density at radius 2 is 2.12 bits per heavy atom. The average Bonchev–Trinajstić information content (AvgIpc) is 3.35. The number of hydrogen-bond acceptors (Lipinski definition) is 6. The van der Waals surface area contributed by atoms with Gasteiger partial charge in [-0.3, -0.25) is 0 Å². The standard InChI is InChI=1S/C18H20N4O3S/c1-23-14-6-5-12(8-15(14)24-2)9-20-18(19)21-10-13-11-25-17(22-13)16-4-3-7-26-16/h3-8,11H,9-10H2,1-2H3,(H3,19,20,21). The molecule has 0 saturated carbocycles. The van der Waals surface area contributed by atoms with Gasteiger partial charge < -0.3 is 24.9 Å². The van der Waals surface area contributed by atoms with E-state index < -0.39 is 0 Å². The first-order valence-electron chi connectivity index (χ1n) is 7.92. The van der Waals surface area contributed by atoms with Crippen molar-refractivity contribution in [2.24, 2.45) is 10.7 Å². The molecule has 0 unspecified atom stereocenters. The molecule has 3 N–H and O–H groups in total. The Balaban J connectivity index is 1.56. The van der Waals surface area contributed by atoms with Crippen molar-refractivity contribution in [3.05, 3.63) is 53.2 Å². The fourth-order valence-electron chi connectivity index (χ4n) is 2.29. The van der Waals surface area contributed by atoms with Gasteiger partial charge in [0.15, 0.2) is 17.5 Å². The van der Waals surface area contributed by atoms with E-state index in [1.165, 1.54) is 0 Å². The van der Waals surface area contributed by atoms with Crippen molar-refractivity contribution in [3.8, 4) is 22.3 Å². The number of guanidine groups is 1. The molecule has 1 aromatic carbocycles. The summed E-state index contributed by atoms with van der Waals surface area (Å²) < 4.78 is 16.0. The summed E-state index contributed by atoms with van der Waals surface area (Å²) in [7, 11) is 3.20. The van der Waals surface area contributed by atoms with Crippen LogP contribution in [-0.4, -0.2) is 25.2 Å². The molecule has 2 aromatic heterocycles. The van der Waals surface area contributed by atoms with Crippen LogP contribution in [0.4, 0.5) is 0 Å². The number of benzene rings is 1. The van der Waals surface area contributed by atoms with Gasteiger partial charge in [0.05, 0.1) is 37.9 Å². The molecule has 0 aliphatic carbocycles. The maximum absolute atomic E-state index is 5.92. The number of aliphatic imine (C=N–C) groups is 1. The van der Waals surface area contributed by atoms with Crippen LogP contribution in [0.1, 0.15) is 11.3 Å². The van der Waals surface area contributed by atoms with Crippen molar-refractivity contribution in [2.75, 3.05) is 14.2 Å². The minimum absolute atomic E-state index is 0.334. The van der Waals surface area contributed by atoms with E-state index in [-0.39, 0.29) is 0 Å². The van der Waals surface area contributed by atoms with Crippen LogP contribution >= 0.6 is 11.3 Å². The largest absolute Gasteiger partial charge is 0.493 e. The van der Waals surface area contributed by atoms with Crippen LogP contribution in [0.5, 0.6) is 11.5 Å². The van der Waals surface area contributed by atoms with Gasteiger partial charge in [-0.25, -0.2) is 9.98 Å². The zero-order valence-corrected chi connectivity index (χ0v) is 15.4. The molecule has 0 radical (unpaired) electrons. The number of nitrogens with one attached hydrogen (secondary N) is 1. The second-order valence-corrected chi connectivity index (χ2v) is 6.31. The highest BCUT2D eigenvalue weighted by Crippen LogP contribution is 2.27. The number of rotatable bonds is 7.